The number of nitrogens with zero attached hydrogens (tertiary/aromatic N) is 3. The van der Waals surface area contributed by atoms with Gasteiger partial charge in [-0.15, -0.1) is 0 Å². The highest BCUT2D eigenvalue weighted by molar-refractivity contribution is 6.04. The molecule has 0 aliphatic heterocycles. The summed E-state index contributed by atoms with van der Waals surface area (Å²) in [6.45, 7) is 0.208. The number of aromatic hydroxyl groups is 1. The smallest absolute Gasteiger partial charge is 0.360 e. The third-order valence-electron chi connectivity index (χ3n) is 6.09. The largest absolute Gasteiger partial charge is 0.505 e. The average molecular weight is 494 g/mol. The van der Waals surface area contributed by atoms with E-state index >= 15 is 0 Å². The second kappa shape index (κ2) is 9.94. The normalized spacial score (nSPS) is 10.9. The molecular formula is C29H23N3O5. The van der Waals surface area contributed by atoms with Crippen LogP contribution in [0.1, 0.15) is 16.1 Å². The molecule has 0 atom stereocenters. The van der Waals surface area contributed by atoms with E-state index < -0.39 is 5.97 Å². The van der Waals surface area contributed by atoms with Crippen LogP contribution >= 0.6 is 0 Å². The van der Waals surface area contributed by atoms with Crippen LogP contribution in [-0.4, -0.2) is 39.8 Å². The van der Waals surface area contributed by atoms with Crippen molar-refractivity contribution in [2.45, 2.75) is 6.54 Å². The maximum atomic E-state index is 14.0. The summed E-state index contributed by atoms with van der Waals surface area (Å²) >= 11 is 0. The summed E-state index contributed by atoms with van der Waals surface area (Å²) < 4.78 is 11.8. The number of methoxy groups -OCH3 is 2. The lowest BCUT2D eigenvalue weighted by Crippen LogP contribution is -2.24. The molecule has 0 bridgehead atoms. The summed E-state index contributed by atoms with van der Waals surface area (Å²) in [6.07, 6.45) is 3.10. The van der Waals surface area contributed by atoms with Gasteiger partial charge in [0.05, 0.1) is 38.2 Å². The van der Waals surface area contributed by atoms with Crippen LogP contribution in [0.15, 0.2) is 90.0 Å². The number of carbonyl (C=O) groups is 1. The minimum atomic E-state index is -0.807. The zero-order valence-electron chi connectivity index (χ0n) is 20.2. The molecule has 8 nitrogen and oxygen atoms in total. The van der Waals surface area contributed by atoms with Crippen LogP contribution in [0.4, 0.5) is 0 Å². The Morgan fingerprint density at radius 1 is 0.946 bits per heavy atom. The maximum absolute atomic E-state index is 14.0. The van der Waals surface area contributed by atoms with Gasteiger partial charge in [-0.2, -0.15) is 0 Å². The summed E-state index contributed by atoms with van der Waals surface area (Å²) in [5.41, 5.74) is 2.53. The van der Waals surface area contributed by atoms with E-state index in [-0.39, 0.29) is 34.6 Å². The lowest BCUT2D eigenvalue weighted by Gasteiger charge is -2.18. The first-order valence-electron chi connectivity index (χ1n) is 11.5. The van der Waals surface area contributed by atoms with Gasteiger partial charge in [0.25, 0.3) is 5.56 Å². The average Bonchev–Trinajstić information content (AvgIpc) is 2.95. The van der Waals surface area contributed by atoms with Crippen LogP contribution in [0, 0.1) is 0 Å². The molecule has 0 fully saturated rings. The number of rotatable bonds is 6. The number of pyridine rings is 3. The Bertz CT molecular complexity index is 1670. The van der Waals surface area contributed by atoms with E-state index in [4.69, 9.17) is 9.47 Å². The molecule has 0 unspecified atom stereocenters. The summed E-state index contributed by atoms with van der Waals surface area (Å²) in [6, 6.07) is 22.0. The minimum Gasteiger partial charge on any atom is -0.505 e. The fourth-order valence-corrected chi connectivity index (χ4v) is 4.29. The molecule has 0 aliphatic carbocycles. The third-order valence-corrected chi connectivity index (χ3v) is 6.09. The topological polar surface area (TPSA) is 104 Å². The predicted octanol–water partition coefficient (Wildman–Crippen LogP) is 4.67. The van der Waals surface area contributed by atoms with Gasteiger partial charge in [0.15, 0.2) is 11.4 Å². The van der Waals surface area contributed by atoms with Gasteiger partial charge in [0.2, 0.25) is 0 Å². The van der Waals surface area contributed by atoms with E-state index in [1.54, 1.807) is 22.9 Å². The van der Waals surface area contributed by atoms with Crippen molar-refractivity contribution in [3.63, 3.8) is 0 Å². The van der Waals surface area contributed by atoms with Crippen LogP contribution in [-0.2, 0) is 11.3 Å². The molecule has 2 aromatic carbocycles. The second-order valence-electron chi connectivity index (χ2n) is 8.33. The van der Waals surface area contributed by atoms with Crippen LogP contribution in [0.3, 0.4) is 0 Å². The molecule has 5 aromatic rings. The molecule has 37 heavy (non-hydrogen) atoms. The molecular weight excluding hydrogens is 470 g/mol. The lowest BCUT2D eigenvalue weighted by molar-refractivity contribution is 0.0591. The Balaban J connectivity index is 1.94. The molecule has 0 amide bonds. The molecule has 5 rings (SSSR count). The molecule has 0 saturated carbocycles. The Labute approximate surface area is 212 Å². The van der Waals surface area contributed by atoms with Crippen LogP contribution in [0.25, 0.3) is 33.3 Å². The quantitative estimate of drug-likeness (QED) is 0.343. The number of ether oxygens (including phenoxy) is 2. The van der Waals surface area contributed by atoms with Crippen molar-refractivity contribution in [3.05, 3.63) is 107 Å². The number of hydrogen-bond donors (Lipinski definition) is 1. The molecule has 3 heterocycles. The number of fused-ring (bicyclic) bond motifs is 1. The highest BCUT2D eigenvalue weighted by Crippen LogP contribution is 2.37. The van der Waals surface area contributed by atoms with Gasteiger partial charge >= 0.3 is 5.97 Å². The highest BCUT2D eigenvalue weighted by Gasteiger charge is 2.25. The van der Waals surface area contributed by atoms with Crippen LogP contribution in [0.5, 0.6) is 11.5 Å². The molecule has 3 aromatic heterocycles. The maximum Gasteiger partial charge on any atom is 0.360 e. The van der Waals surface area contributed by atoms with Crippen molar-refractivity contribution >= 4 is 16.9 Å². The Morgan fingerprint density at radius 3 is 2.32 bits per heavy atom. The number of carbonyl (C=O) groups excluding carboxylic acids is 1. The SMILES string of the molecule is COC(=O)c1nc(-c2cncc(OC)c2)c2c(cc(-c3ccccc3)c(=O)n2Cc2ccccc2)c1O. The van der Waals surface area contributed by atoms with Crippen molar-refractivity contribution in [1.29, 1.82) is 0 Å². The van der Waals surface area contributed by atoms with Gasteiger partial charge in [-0.1, -0.05) is 60.7 Å². The first kappa shape index (κ1) is 23.7. The molecule has 0 saturated heterocycles. The Hall–Kier alpha value is -4.98. The molecule has 184 valence electrons. The van der Waals surface area contributed by atoms with Gasteiger partial charge in [0.1, 0.15) is 5.75 Å². The summed E-state index contributed by atoms with van der Waals surface area (Å²) in [7, 11) is 2.73. The second-order valence-corrected chi connectivity index (χ2v) is 8.33. The summed E-state index contributed by atoms with van der Waals surface area (Å²) in [5, 5.41) is 11.5. The van der Waals surface area contributed by atoms with Crippen LogP contribution in [0.2, 0.25) is 0 Å². The Kier molecular flexibility index (Phi) is 6.38. The summed E-state index contributed by atoms with van der Waals surface area (Å²) in [5.74, 6) is -0.711. The predicted molar refractivity (Wildman–Crippen MR) is 140 cm³/mol. The van der Waals surface area contributed by atoms with E-state index in [9.17, 15) is 14.7 Å². The van der Waals surface area contributed by atoms with Crippen molar-refractivity contribution < 1.29 is 19.4 Å². The van der Waals surface area contributed by atoms with E-state index in [1.165, 1.54) is 20.4 Å². The molecule has 0 spiro atoms. The van der Waals surface area contributed by atoms with Crippen LogP contribution < -0.4 is 10.3 Å². The zero-order valence-corrected chi connectivity index (χ0v) is 20.2. The fraction of sp³-hybridized carbons (Fsp3) is 0.103. The number of benzene rings is 2. The molecule has 8 heteroatoms. The standard InChI is InChI=1S/C29H23N3O5/c1-36-21-13-20(15-30-16-21)24-26-23(27(33)25(31-24)29(35)37-2)14-22(19-11-7-4-8-12-19)28(34)32(26)17-18-9-5-3-6-10-18/h3-16,33H,17H2,1-2H3. The number of aromatic nitrogens is 3. The minimum absolute atomic E-state index is 0.208. The van der Waals surface area contributed by atoms with E-state index in [2.05, 4.69) is 9.97 Å². The van der Waals surface area contributed by atoms with E-state index in [1.807, 2.05) is 60.7 Å². The first-order chi connectivity index (χ1) is 18.0. The van der Waals surface area contributed by atoms with Gasteiger partial charge in [-0.05, 0) is 23.3 Å². The monoisotopic (exact) mass is 493 g/mol. The highest BCUT2D eigenvalue weighted by atomic mass is 16.5. The third kappa shape index (κ3) is 4.40. The van der Waals surface area contributed by atoms with E-state index in [0.717, 1.165) is 5.56 Å². The molecule has 0 aliphatic rings. The number of esters is 1. The molecule has 1 N–H and O–H groups in total. The first-order valence-corrected chi connectivity index (χ1v) is 11.5. The molecule has 0 radical (unpaired) electrons. The van der Waals surface area contributed by atoms with Crippen molar-refractivity contribution in [1.82, 2.24) is 14.5 Å². The van der Waals surface area contributed by atoms with E-state index in [0.29, 0.717) is 28.0 Å². The van der Waals surface area contributed by atoms with Gasteiger partial charge in [-0.25, -0.2) is 9.78 Å². The van der Waals surface area contributed by atoms with Crippen molar-refractivity contribution in [3.8, 4) is 33.9 Å². The van der Waals surface area contributed by atoms with Gasteiger partial charge in [-0.3, -0.25) is 9.78 Å². The number of hydrogen-bond acceptors (Lipinski definition) is 7. The lowest BCUT2D eigenvalue weighted by atomic mass is 10.0. The van der Waals surface area contributed by atoms with Gasteiger partial charge in [0, 0.05) is 22.7 Å². The summed E-state index contributed by atoms with van der Waals surface area (Å²) in [4.78, 5) is 35.3. The fourth-order valence-electron chi connectivity index (χ4n) is 4.29. The van der Waals surface area contributed by atoms with Crippen molar-refractivity contribution in [2.24, 2.45) is 0 Å². The van der Waals surface area contributed by atoms with Crippen molar-refractivity contribution in [2.75, 3.05) is 14.2 Å². The zero-order chi connectivity index (χ0) is 25.9. The Morgan fingerprint density at radius 2 is 1.65 bits per heavy atom. The van der Waals surface area contributed by atoms with Gasteiger partial charge < -0.3 is 19.1 Å².